The number of nitrogens with zero attached hydrogens (tertiary/aromatic N) is 1. The summed E-state index contributed by atoms with van der Waals surface area (Å²) in [5.41, 5.74) is 0.00969. The molecule has 1 aliphatic rings. The number of fused-ring (bicyclic) bond motifs is 1. The number of carboxylic acids is 1. The van der Waals surface area contributed by atoms with Crippen molar-refractivity contribution in [3.05, 3.63) is 48.0 Å². The molecule has 1 N–H and O–H groups in total. The summed E-state index contributed by atoms with van der Waals surface area (Å²) < 4.78 is 5.36. The van der Waals surface area contributed by atoms with Crippen molar-refractivity contribution in [2.75, 3.05) is 32.8 Å². The molecular weight excluding hydrogens is 326 g/mol. The molecule has 3 rings (SSSR count). The summed E-state index contributed by atoms with van der Waals surface area (Å²) >= 11 is 0. The molecule has 1 aliphatic heterocycles. The summed E-state index contributed by atoms with van der Waals surface area (Å²) in [7, 11) is 0. The lowest BCUT2D eigenvalue weighted by molar-refractivity contribution is -0.143. The first kappa shape index (κ1) is 18.7. The number of aliphatic carboxylic acids is 1. The Balaban J connectivity index is 0.00000208. The predicted octanol–water partition coefficient (Wildman–Crippen LogP) is 3.33. The Kier molecular flexibility index (Phi) is 6.21. The van der Waals surface area contributed by atoms with Gasteiger partial charge >= 0.3 is 5.97 Å². The summed E-state index contributed by atoms with van der Waals surface area (Å²) in [6.07, 6.45) is 0.594. The minimum absolute atomic E-state index is 0. The van der Waals surface area contributed by atoms with Gasteiger partial charge in [0, 0.05) is 13.1 Å². The van der Waals surface area contributed by atoms with Crippen LogP contribution in [0.2, 0.25) is 0 Å². The van der Waals surface area contributed by atoms with Crippen LogP contribution in [0.5, 0.6) is 0 Å². The molecule has 0 aliphatic carbocycles. The van der Waals surface area contributed by atoms with E-state index < -0.39 is 11.4 Å². The van der Waals surface area contributed by atoms with Crippen molar-refractivity contribution in [3.8, 4) is 0 Å². The van der Waals surface area contributed by atoms with E-state index in [1.165, 1.54) is 0 Å². The third-order valence-electron chi connectivity index (χ3n) is 4.89. The molecule has 2 aromatic rings. The van der Waals surface area contributed by atoms with Gasteiger partial charge in [0.25, 0.3) is 0 Å². The van der Waals surface area contributed by atoms with E-state index in [-0.39, 0.29) is 12.4 Å². The number of hydrogen-bond acceptors (Lipinski definition) is 3. The Bertz CT molecular complexity index is 695. The molecule has 5 heteroatoms. The molecule has 0 bridgehead atoms. The first-order valence-electron chi connectivity index (χ1n) is 8.13. The van der Waals surface area contributed by atoms with Crippen LogP contribution >= 0.6 is 12.4 Å². The van der Waals surface area contributed by atoms with Gasteiger partial charge in [-0.15, -0.1) is 12.4 Å². The third kappa shape index (κ3) is 3.72. The zero-order valence-electron chi connectivity index (χ0n) is 13.9. The van der Waals surface area contributed by atoms with Crippen LogP contribution in [-0.2, 0) is 14.9 Å². The molecule has 2 aromatic carbocycles. The van der Waals surface area contributed by atoms with Crippen LogP contribution in [0.3, 0.4) is 0 Å². The van der Waals surface area contributed by atoms with Crippen LogP contribution in [0.4, 0.5) is 0 Å². The van der Waals surface area contributed by atoms with Gasteiger partial charge in [0.15, 0.2) is 0 Å². The van der Waals surface area contributed by atoms with Crippen LogP contribution in [0.15, 0.2) is 42.5 Å². The number of halogens is 1. The zero-order chi connectivity index (χ0) is 16.3. The molecular formula is C19H24ClNO3. The normalized spacial score (nSPS) is 17.9. The minimum Gasteiger partial charge on any atom is -0.481 e. The molecule has 24 heavy (non-hydrogen) atoms. The average Bonchev–Trinajstić information content (AvgIpc) is 2.60. The van der Waals surface area contributed by atoms with Crippen molar-refractivity contribution in [1.82, 2.24) is 4.90 Å². The van der Waals surface area contributed by atoms with E-state index >= 15 is 0 Å². The summed E-state index contributed by atoms with van der Waals surface area (Å²) in [5, 5.41) is 12.0. The van der Waals surface area contributed by atoms with E-state index in [9.17, 15) is 9.90 Å². The topological polar surface area (TPSA) is 49.8 Å². The van der Waals surface area contributed by atoms with Crippen LogP contribution in [0, 0.1) is 0 Å². The van der Waals surface area contributed by atoms with Gasteiger partial charge in [-0.1, -0.05) is 42.5 Å². The highest BCUT2D eigenvalue weighted by Crippen LogP contribution is 2.34. The maximum atomic E-state index is 12.1. The van der Waals surface area contributed by atoms with Crippen LogP contribution in [-0.4, -0.2) is 48.8 Å². The Hall–Kier alpha value is -1.62. The summed E-state index contributed by atoms with van der Waals surface area (Å²) in [6, 6.07) is 13.9. The molecule has 1 fully saturated rings. The monoisotopic (exact) mass is 349 g/mol. The molecule has 0 aromatic heterocycles. The smallest absolute Gasteiger partial charge is 0.313 e. The van der Waals surface area contributed by atoms with Gasteiger partial charge in [-0.05, 0) is 36.2 Å². The highest BCUT2D eigenvalue weighted by atomic mass is 35.5. The van der Waals surface area contributed by atoms with Gasteiger partial charge in [-0.25, -0.2) is 0 Å². The van der Waals surface area contributed by atoms with Crippen molar-refractivity contribution in [2.24, 2.45) is 0 Å². The quantitative estimate of drug-likeness (QED) is 0.899. The van der Waals surface area contributed by atoms with Gasteiger partial charge in [0.1, 0.15) is 0 Å². The number of morpholine rings is 1. The van der Waals surface area contributed by atoms with E-state index in [0.717, 1.165) is 49.2 Å². The summed E-state index contributed by atoms with van der Waals surface area (Å²) in [4.78, 5) is 14.4. The fraction of sp³-hybridized carbons (Fsp3) is 0.421. The van der Waals surface area contributed by atoms with Crippen LogP contribution in [0.25, 0.3) is 10.8 Å². The first-order chi connectivity index (χ1) is 11.1. The molecule has 130 valence electrons. The van der Waals surface area contributed by atoms with E-state index in [1.54, 1.807) is 0 Å². The Labute approximate surface area is 148 Å². The van der Waals surface area contributed by atoms with E-state index in [0.29, 0.717) is 6.42 Å². The lowest BCUT2D eigenvalue weighted by atomic mass is 9.77. The predicted molar refractivity (Wildman–Crippen MR) is 98.1 cm³/mol. The fourth-order valence-corrected chi connectivity index (χ4v) is 3.27. The van der Waals surface area contributed by atoms with Crippen molar-refractivity contribution >= 4 is 29.1 Å². The van der Waals surface area contributed by atoms with Gasteiger partial charge in [-0.3, -0.25) is 9.69 Å². The Morgan fingerprint density at radius 3 is 2.54 bits per heavy atom. The summed E-state index contributed by atoms with van der Waals surface area (Å²) in [6.45, 7) is 5.85. The Morgan fingerprint density at radius 1 is 1.17 bits per heavy atom. The largest absolute Gasteiger partial charge is 0.481 e. The van der Waals surface area contributed by atoms with Crippen molar-refractivity contribution in [2.45, 2.75) is 18.8 Å². The first-order valence-corrected chi connectivity index (χ1v) is 8.13. The number of ether oxygens (including phenoxy) is 1. The molecule has 0 amide bonds. The average molecular weight is 350 g/mol. The molecule has 1 unspecified atom stereocenters. The fourth-order valence-electron chi connectivity index (χ4n) is 3.27. The highest BCUT2D eigenvalue weighted by molar-refractivity contribution is 5.92. The minimum atomic E-state index is -0.890. The molecule has 0 radical (unpaired) electrons. The van der Waals surface area contributed by atoms with Crippen molar-refractivity contribution in [3.63, 3.8) is 0 Å². The van der Waals surface area contributed by atoms with Crippen molar-refractivity contribution < 1.29 is 14.6 Å². The second-order valence-corrected chi connectivity index (χ2v) is 6.37. The van der Waals surface area contributed by atoms with Crippen LogP contribution in [0.1, 0.15) is 18.9 Å². The lowest BCUT2D eigenvalue weighted by Crippen LogP contribution is -2.41. The molecule has 1 atom stereocenters. The number of rotatable bonds is 5. The third-order valence-corrected chi connectivity index (χ3v) is 4.89. The van der Waals surface area contributed by atoms with Gasteiger partial charge in [-0.2, -0.15) is 0 Å². The highest BCUT2D eigenvalue weighted by Gasteiger charge is 2.36. The van der Waals surface area contributed by atoms with E-state index in [2.05, 4.69) is 4.90 Å². The molecule has 1 heterocycles. The maximum Gasteiger partial charge on any atom is 0.313 e. The second kappa shape index (κ2) is 7.97. The van der Waals surface area contributed by atoms with Gasteiger partial charge < -0.3 is 9.84 Å². The zero-order valence-corrected chi connectivity index (χ0v) is 14.7. The number of carboxylic acid groups (broad SMARTS) is 1. The SMILES string of the molecule is CC(CCN1CCOCC1)(C(=O)O)c1cccc2ccccc12.Cl. The number of hydrogen-bond donors (Lipinski definition) is 1. The molecule has 0 saturated carbocycles. The molecule has 0 spiro atoms. The summed E-state index contributed by atoms with van der Waals surface area (Å²) in [5.74, 6) is -0.762. The van der Waals surface area contributed by atoms with Gasteiger partial charge in [0.2, 0.25) is 0 Å². The van der Waals surface area contributed by atoms with Crippen molar-refractivity contribution in [1.29, 1.82) is 0 Å². The van der Waals surface area contributed by atoms with E-state index in [1.807, 2.05) is 49.4 Å². The lowest BCUT2D eigenvalue weighted by Gasteiger charge is -2.32. The van der Waals surface area contributed by atoms with Gasteiger partial charge in [0.05, 0.1) is 18.6 Å². The Morgan fingerprint density at radius 2 is 1.83 bits per heavy atom. The van der Waals surface area contributed by atoms with E-state index in [4.69, 9.17) is 4.74 Å². The second-order valence-electron chi connectivity index (χ2n) is 6.37. The van der Waals surface area contributed by atoms with Crippen LogP contribution < -0.4 is 0 Å². The standard InChI is InChI=1S/C19H23NO3.ClH/c1-19(18(21)22,9-10-20-11-13-23-14-12-20)17-8-4-6-15-5-2-3-7-16(15)17;/h2-8H,9-14H2,1H3,(H,21,22);1H. The molecule has 1 saturated heterocycles. The number of benzene rings is 2. The molecule has 4 nitrogen and oxygen atoms in total. The number of carbonyl (C=O) groups is 1. The maximum absolute atomic E-state index is 12.1.